The molecule has 4 rings (SSSR count). The summed E-state index contributed by atoms with van der Waals surface area (Å²) in [6.45, 7) is 1.07. The largest absolute Gasteiger partial charge is 0.497 e. The summed E-state index contributed by atoms with van der Waals surface area (Å²) in [6.07, 6.45) is 4.95. The maximum absolute atomic E-state index is 14.1. The topological polar surface area (TPSA) is 96.0 Å². The summed E-state index contributed by atoms with van der Waals surface area (Å²) >= 11 is 18.4. The molecule has 0 bridgehead atoms. The lowest BCUT2D eigenvalue weighted by Crippen LogP contribution is -2.53. The number of nitrogens with one attached hydrogen (secondary N) is 1. The summed E-state index contributed by atoms with van der Waals surface area (Å²) in [5.74, 6) is -0.403. The molecule has 1 atom stereocenters. The van der Waals surface area contributed by atoms with Crippen molar-refractivity contribution < 1.29 is 22.7 Å². The minimum Gasteiger partial charge on any atom is -0.497 e. The van der Waals surface area contributed by atoms with Crippen molar-refractivity contribution in [2.24, 2.45) is 0 Å². The van der Waals surface area contributed by atoms with Gasteiger partial charge in [-0.3, -0.25) is 13.9 Å². The Bertz CT molecular complexity index is 1530. The highest BCUT2D eigenvalue weighted by atomic mass is 35.5. The van der Waals surface area contributed by atoms with E-state index in [-0.39, 0.29) is 29.1 Å². The van der Waals surface area contributed by atoms with E-state index in [1.54, 1.807) is 37.3 Å². The smallest absolute Gasteiger partial charge is 0.264 e. The monoisotopic (exact) mass is 665 g/mol. The van der Waals surface area contributed by atoms with Gasteiger partial charge in [-0.15, -0.1) is 0 Å². The zero-order chi connectivity index (χ0) is 31.1. The first-order valence-corrected chi connectivity index (χ1v) is 16.5. The number of carbonyl (C=O) groups is 2. The van der Waals surface area contributed by atoms with Gasteiger partial charge in [0.1, 0.15) is 18.3 Å². The Morgan fingerprint density at radius 3 is 2.19 bits per heavy atom. The van der Waals surface area contributed by atoms with Gasteiger partial charge in [-0.1, -0.05) is 60.1 Å². The van der Waals surface area contributed by atoms with E-state index in [1.807, 2.05) is 0 Å². The first-order valence-electron chi connectivity index (χ1n) is 14.0. The molecule has 1 fully saturated rings. The number of rotatable bonds is 11. The second-order valence-corrected chi connectivity index (χ2v) is 13.6. The van der Waals surface area contributed by atoms with Crippen molar-refractivity contribution in [3.05, 3.63) is 87.4 Å². The molecule has 12 heteroatoms. The normalized spacial score (nSPS) is 14.5. The van der Waals surface area contributed by atoms with Gasteiger partial charge in [-0.2, -0.15) is 0 Å². The zero-order valence-electron chi connectivity index (χ0n) is 23.9. The Hall–Kier alpha value is -2.98. The molecule has 43 heavy (non-hydrogen) atoms. The number of ether oxygens (including phenoxy) is 1. The third-order valence-corrected chi connectivity index (χ3v) is 10.3. The number of halogens is 3. The van der Waals surface area contributed by atoms with Crippen LogP contribution in [0, 0.1) is 0 Å². The number of hydrogen-bond acceptors (Lipinski definition) is 5. The van der Waals surface area contributed by atoms with Crippen molar-refractivity contribution in [1.29, 1.82) is 0 Å². The molecule has 0 radical (unpaired) electrons. The number of benzene rings is 3. The lowest BCUT2D eigenvalue weighted by Gasteiger charge is -2.33. The summed E-state index contributed by atoms with van der Waals surface area (Å²) in [5.41, 5.74) is 0.874. The van der Waals surface area contributed by atoms with Crippen molar-refractivity contribution in [1.82, 2.24) is 10.2 Å². The van der Waals surface area contributed by atoms with Gasteiger partial charge in [0.05, 0.1) is 27.7 Å². The summed E-state index contributed by atoms with van der Waals surface area (Å²) in [7, 11) is -2.74. The average Bonchev–Trinajstić information content (AvgIpc) is 3.01. The quantitative estimate of drug-likeness (QED) is 0.245. The lowest BCUT2D eigenvalue weighted by atomic mass is 9.95. The van der Waals surface area contributed by atoms with Gasteiger partial charge in [0.2, 0.25) is 11.8 Å². The van der Waals surface area contributed by atoms with E-state index in [0.29, 0.717) is 26.4 Å². The van der Waals surface area contributed by atoms with Crippen LogP contribution in [0.3, 0.4) is 0 Å². The number of methoxy groups -OCH3 is 1. The van der Waals surface area contributed by atoms with Gasteiger partial charge in [0.15, 0.2) is 0 Å². The average molecular weight is 667 g/mol. The molecule has 0 saturated heterocycles. The van der Waals surface area contributed by atoms with E-state index < -0.39 is 28.5 Å². The minimum absolute atomic E-state index is 0.00597. The van der Waals surface area contributed by atoms with Crippen LogP contribution >= 0.6 is 34.8 Å². The zero-order valence-corrected chi connectivity index (χ0v) is 27.0. The number of hydrogen-bond donors (Lipinski definition) is 1. The highest BCUT2D eigenvalue weighted by molar-refractivity contribution is 7.92. The molecule has 1 aliphatic rings. The Kier molecular flexibility index (Phi) is 11.2. The summed E-state index contributed by atoms with van der Waals surface area (Å²) in [4.78, 5) is 28.9. The number of anilines is 1. The van der Waals surface area contributed by atoms with E-state index in [1.165, 1.54) is 48.4 Å². The van der Waals surface area contributed by atoms with Gasteiger partial charge >= 0.3 is 0 Å². The maximum Gasteiger partial charge on any atom is 0.264 e. The molecule has 1 N–H and O–H groups in total. The fraction of sp³-hybridized carbons (Fsp3) is 0.355. The van der Waals surface area contributed by atoms with E-state index in [4.69, 9.17) is 39.5 Å². The Morgan fingerprint density at radius 1 is 0.930 bits per heavy atom. The first kappa shape index (κ1) is 32.9. The van der Waals surface area contributed by atoms with E-state index in [9.17, 15) is 18.0 Å². The van der Waals surface area contributed by atoms with E-state index >= 15 is 0 Å². The Balaban J connectivity index is 1.68. The van der Waals surface area contributed by atoms with E-state index in [2.05, 4.69) is 5.32 Å². The van der Waals surface area contributed by atoms with Gasteiger partial charge in [0, 0.05) is 17.6 Å². The van der Waals surface area contributed by atoms with Crippen LogP contribution in [0.1, 0.15) is 44.6 Å². The molecule has 8 nitrogen and oxygen atoms in total. The molecule has 2 amide bonds. The van der Waals surface area contributed by atoms with Crippen LogP contribution in [0.4, 0.5) is 5.69 Å². The second kappa shape index (κ2) is 14.7. The van der Waals surface area contributed by atoms with E-state index in [0.717, 1.165) is 36.4 Å². The third-order valence-electron chi connectivity index (χ3n) is 7.50. The fourth-order valence-corrected chi connectivity index (χ4v) is 6.86. The highest BCUT2D eigenvalue weighted by Crippen LogP contribution is 2.28. The minimum atomic E-state index is -4.23. The number of nitrogens with zero attached hydrogens (tertiary/aromatic N) is 2. The molecule has 1 aliphatic carbocycles. The fourth-order valence-electron chi connectivity index (χ4n) is 5.00. The molecule has 0 spiro atoms. The maximum atomic E-state index is 14.1. The van der Waals surface area contributed by atoms with Crippen LogP contribution in [0.25, 0.3) is 0 Å². The number of carbonyl (C=O) groups excluding carboxylic acids is 2. The Morgan fingerprint density at radius 2 is 1.58 bits per heavy atom. The third kappa shape index (κ3) is 8.35. The second-order valence-electron chi connectivity index (χ2n) is 10.5. The summed E-state index contributed by atoms with van der Waals surface area (Å²) in [5, 5.41) is 4.14. The van der Waals surface area contributed by atoms with Crippen LogP contribution in [-0.4, -0.2) is 50.9 Å². The van der Waals surface area contributed by atoms with Crippen molar-refractivity contribution in [3.63, 3.8) is 0 Å². The molecule has 3 aromatic carbocycles. The van der Waals surface area contributed by atoms with Gasteiger partial charge in [0.25, 0.3) is 10.0 Å². The predicted octanol–water partition coefficient (Wildman–Crippen LogP) is 6.72. The molecule has 1 saturated carbocycles. The molecule has 0 heterocycles. The standard InChI is InChI=1S/C31H34Cl3N3O5S/c1-21(31(39)35-24-6-4-3-5-7-24)36(19-22-8-17-28(33)29(34)18-22)30(38)20-37(25-11-9-23(32)10-12-25)43(40,41)27-15-13-26(42-2)14-16-27/h8-18,21,24H,3-7,19-20H2,1-2H3,(H,35,39)/t21-/m1/s1. The lowest BCUT2D eigenvalue weighted by molar-refractivity contribution is -0.139. The van der Waals surface area contributed by atoms with Gasteiger partial charge in [-0.05, 0) is 86.0 Å². The van der Waals surface area contributed by atoms with Crippen LogP contribution in [0.15, 0.2) is 71.6 Å². The summed E-state index contributed by atoms with van der Waals surface area (Å²) in [6, 6.07) is 16.1. The number of amides is 2. The molecule has 0 aliphatic heterocycles. The van der Waals surface area contributed by atoms with Crippen LogP contribution in [-0.2, 0) is 26.2 Å². The van der Waals surface area contributed by atoms with Crippen molar-refractivity contribution in [2.75, 3.05) is 18.0 Å². The molecule has 230 valence electrons. The van der Waals surface area contributed by atoms with Crippen LogP contribution in [0.5, 0.6) is 5.75 Å². The molecule has 0 unspecified atom stereocenters. The number of sulfonamides is 1. The van der Waals surface area contributed by atoms with Gasteiger partial charge in [-0.25, -0.2) is 8.42 Å². The molecule has 3 aromatic rings. The molecule has 0 aromatic heterocycles. The van der Waals surface area contributed by atoms with Crippen molar-refractivity contribution in [2.45, 2.75) is 62.6 Å². The highest BCUT2D eigenvalue weighted by Gasteiger charge is 2.33. The van der Waals surface area contributed by atoms with Gasteiger partial charge < -0.3 is 15.0 Å². The van der Waals surface area contributed by atoms with Crippen molar-refractivity contribution >= 4 is 62.3 Å². The molecular formula is C31H34Cl3N3O5S. The molecular weight excluding hydrogens is 633 g/mol. The Labute approximate surface area is 267 Å². The van der Waals surface area contributed by atoms with Crippen LogP contribution < -0.4 is 14.4 Å². The van der Waals surface area contributed by atoms with Crippen molar-refractivity contribution in [3.8, 4) is 5.75 Å². The van der Waals surface area contributed by atoms with Crippen LogP contribution in [0.2, 0.25) is 15.1 Å². The summed E-state index contributed by atoms with van der Waals surface area (Å²) < 4.78 is 34.1. The SMILES string of the molecule is COc1ccc(S(=O)(=O)N(CC(=O)N(Cc2ccc(Cl)c(Cl)c2)[C@H](C)C(=O)NC2CCCCC2)c2ccc(Cl)cc2)cc1. The first-order chi connectivity index (χ1) is 20.5. The predicted molar refractivity (Wildman–Crippen MR) is 170 cm³/mol.